The van der Waals surface area contributed by atoms with Gasteiger partial charge < -0.3 is 0 Å². The predicted molar refractivity (Wildman–Crippen MR) is 119 cm³/mol. The average Bonchev–Trinajstić information content (AvgIpc) is 2.60. The van der Waals surface area contributed by atoms with Crippen LogP contribution in [0.25, 0.3) is 0 Å². The molecule has 0 bridgehead atoms. The van der Waals surface area contributed by atoms with Gasteiger partial charge in [-0.3, -0.25) is 0 Å². The summed E-state index contributed by atoms with van der Waals surface area (Å²) >= 11 is -2.44. The number of amides is 1. The molecule has 0 aliphatic heterocycles. The van der Waals surface area contributed by atoms with Gasteiger partial charge in [-0.25, -0.2) is 0 Å². The van der Waals surface area contributed by atoms with Gasteiger partial charge in [-0.2, -0.15) is 0 Å². The molecule has 0 radical (unpaired) electrons. The molecule has 0 fully saturated rings. The van der Waals surface area contributed by atoms with Crippen molar-refractivity contribution in [1.82, 2.24) is 4.98 Å². The van der Waals surface area contributed by atoms with E-state index in [1.54, 1.807) is 0 Å². The Balaban J connectivity index is 2.98. The second kappa shape index (κ2) is 11.9. The Kier molecular flexibility index (Phi) is 10.7. The van der Waals surface area contributed by atoms with Crippen molar-refractivity contribution >= 4 is 33.9 Å². The van der Waals surface area contributed by atoms with Gasteiger partial charge in [0.2, 0.25) is 0 Å². The number of hydrogen-bond donors (Lipinski definition) is 1. The number of anilines is 1. The summed E-state index contributed by atoms with van der Waals surface area (Å²) in [4.78, 5) is 16.6. The van der Waals surface area contributed by atoms with E-state index in [9.17, 15) is 4.79 Å². The van der Waals surface area contributed by atoms with Gasteiger partial charge >= 0.3 is 171 Å². The molecule has 0 aromatic carbocycles. The van der Waals surface area contributed by atoms with E-state index < -0.39 is 30.1 Å². The number of nitrogens with one attached hydrogen (secondary N) is 1. The van der Waals surface area contributed by atoms with Crippen molar-refractivity contribution in [1.29, 1.82) is 0 Å². The Hall–Kier alpha value is -0.781. The molecule has 1 aromatic rings. The fourth-order valence-electron chi connectivity index (χ4n) is 3.54. The Bertz CT molecular complexity index is 531. The number of unbranched alkanes of at least 4 members (excludes halogenated alkanes) is 3. The molecule has 0 aliphatic rings. The minimum absolute atomic E-state index is 0.444. The molecule has 0 unspecified atom stereocenters. The minimum atomic E-state index is -2.44. The topological polar surface area (TPSA) is 51.2 Å². The molecule has 0 saturated heterocycles. The van der Waals surface area contributed by atoms with E-state index in [0.717, 1.165) is 0 Å². The van der Waals surface area contributed by atoms with Gasteiger partial charge in [-0.05, 0) is 0 Å². The van der Waals surface area contributed by atoms with E-state index in [0.29, 0.717) is 5.82 Å². The molecule has 27 heavy (non-hydrogen) atoms. The Labute approximate surface area is 170 Å². The van der Waals surface area contributed by atoms with Crippen molar-refractivity contribution in [2.45, 2.75) is 99.0 Å². The predicted octanol–water partition coefficient (Wildman–Crippen LogP) is 6.48. The molecular formula is C22H40N2O2Sn. The summed E-state index contributed by atoms with van der Waals surface area (Å²) in [6.45, 7) is 12.5. The van der Waals surface area contributed by atoms with Gasteiger partial charge in [0.1, 0.15) is 0 Å². The molecule has 5 heteroatoms. The molecule has 1 aromatic heterocycles. The van der Waals surface area contributed by atoms with Crippen molar-refractivity contribution in [2.75, 3.05) is 5.32 Å². The molecule has 4 nitrogen and oxygen atoms in total. The number of ether oxygens (including phenoxy) is 1. The van der Waals surface area contributed by atoms with Crippen molar-refractivity contribution in [3.05, 3.63) is 18.3 Å². The summed E-state index contributed by atoms with van der Waals surface area (Å²) in [6.07, 6.45) is 9.42. The van der Waals surface area contributed by atoms with E-state index >= 15 is 0 Å². The molecule has 154 valence electrons. The first-order valence-corrected chi connectivity index (χ1v) is 18.2. The van der Waals surface area contributed by atoms with Gasteiger partial charge in [0, 0.05) is 0 Å². The van der Waals surface area contributed by atoms with E-state index in [4.69, 9.17) is 4.74 Å². The summed E-state index contributed by atoms with van der Waals surface area (Å²) in [5, 5.41) is 2.76. The SMILES string of the molecule is CCC[CH2][Sn]([CH2]CCC)([CH2]CCC)[c]1ccc(NC(=O)OC(C)(C)C)nc1. The van der Waals surface area contributed by atoms with Crippen LogP contribution in [0.5, 0.6) is 0 Å². The van der Waals surface area contributed by atoms with Crippen LogP contribution in [0.15, 0.2) is 18.3 Å². The monoisotopic (exact) mass is 484 g/mol. The zero-order valence-electron chi connectivity index (χ0n) is 18.4. The van der Waals surface area contributed by atoms with Gasteiger partial charge in [0.15, 0.2) is 0 Å². The molecule has 1 heterocycles. The number of carbonyl (C=O) groups excluding carboxylic acids is 1. The molecular weight excluding hydrogens is 443 g/mol. The first-order chi connectivity index (χ1) is 12.8. The number of nitrogens with zero attached hydrogens (tertiary/aromatic N) is 1. The first-order valence-electron chi connectivity index (χ1n) is 10.7. The van der Waals surface area contributed by atoms with E-state index in [1.807, 2.05) is 26.8 Å². The summed E-state index contributed by atoms with van der Waals surface area (Å²) < 4.78 is 11.1. The molecule has 0 atom stereocenters. The maximum absolute atomic E-state index is 12.0. The van der Waals surface area contributed by atoms with Gasteiger partial charge in [-0.1, -0.05) is 0 Å². The van der Waals surface area contributed by atoms with Crippen molar-refractivity contribution in [3.8, 4) is 0 Å². The number of rotatable bonds is 11. The third kappa shape index (κ3) is 8.84. The molecule has 1 N–H and O–H groups in total. The summed E-state index contributed by atoms with van der Waals surface area (Å²) in [6, 6.07) is 4.21. The number of pyridine rings is 1. The Morgan fingerprint density at radius 1 is 1.00 bits per heavy atom. The molecule has 0 aliphatic carbocycles. The van der Waals surface area contributed by atoms with Crippen LogP contribution >= 0.6 is 0 Å². The van der Waals surface area contributed by atoms with Gasteiger partial charge in [-0.15, -0.1) is 0 Å². The van der Waals surface area contributed by atoms with E-state index in [-0.39, 0.29) is 0 Å². The number of hydrogen-bond acceptors (Lipinski definition) is 3. The van der Waals surface area contributed by atoms with E-state index in [2.05, 4.69) is 43.3 Å². The van der Waals surface area contributed by atoms with Gasteiger partial charge in [0.05, 0.1) is 0 Å². The third-order valence-corrected chi connectivity index (χ3v) is 20.6. The molecule has 0 spiro atoms. The summed E-state index contributed by atoms with van der Waals surface area (Å²) in [7, 11) is 0. The Morgan fingerprint density at radius 2 is 1.52 bits per heavy atom. The van der Waals surface area contributed by atoms with Crippen LogP contribution < -0.4 is 8.90 Å². The molecule has 1 rings (SSSR count). The zero-order valence-corrected chi connectivity index (χ0v) is 21.2. The number of aromatic nitrogens is 1. The first kappa shape index (κ1) is 24.3. The van der Waals surface area contributed by atoms with Crippen LogP contribution in [0, 0.1) is 0 Å². The van der Waals surface area contributed by atoms with Crippen LogP contribution in [0.3, 0.4) is 0 Å². The van der Waals surface area contributed by atoms with Crippen LogP contribution in [0.1, 0.15) is 80.1 Å². The standard InChI is InChI=1S/C10H13N2O2.3C4H9.Sn/c1-10(2,3)14-9(13)12-8-6-4-5-7-11-8;3*1-3-4-2;/h4,6-7H,1-3H3,(H,11,12,13);3*1,3-4H2,2H3;. The second-order valence-electron chi connectivity index (χ2n) is 8.65. The maximum atomic E-state index is 12.0. The van der Waals surface area contributed by atoms with Crippen molar-refractivity contribution in [3.63, 3.8) is 0 Å². The zero-order chi connectivity index (χ0) is 20.3. The fourth-order valence-corrected chi connectivity index (χ4v) is 19.2. The van der Waals surface area contributed by atoms with E-state index in [1.165, 1.54) is 55.4 Å². The number of carbonyl (C=O) groups is 1. The summed E-state index contributed by atoms with van der Waals surface area (Å²) in [5.41, 5.74) is -0.504. The fraction of sp³-hybridized carbons (Fsp3) is 0.727. The molecule has 0 saturated carbocycles. The second-order valence-corrected chi connectivity index (χ2v) is 21.9. The van der Waals surface area contributed by atoms with Crippen LogP contribution in [0.2, 0.25) is 13.3 Å². The normalized spacial score (nSPS) is 12.1. The molecule has 1 amide bonds. The Morgan fingerprint density at radius 3 is 1.89 bits per heavy atom. The van der Waals surface area contributed by atoms with Crippen LogP contribution in [-0.2, 0) is 4.74 Å². The average molecular weight is 483 g/mol. The van der Waals surface area contributed by atoms with Gasteiger partial charge in [0.25, 0.3) is 0 Å². The van der Waals surface area contributed by atoms with Crippen LogP contribution in [-0.4, -0.2) is 35.1 Å². The van der Waals surface area contributed by atoms with Crippen LogP contribution in [0.4, 0.5) is 10.6 Å². The third-order valence-electron chi connectivity index (χ3n) is 5.03. The van der Waals surface area contributed by atoms with Crippen molar-refractivity contribution < 1.29 is 9.53 Å². The summed E-state index contributed by atoms with van der Waals surface area (Å²) in [5.74, 6) is 0.578. The van der Waals surface area contributed by atoms with Crippen molar-refractivity contribution in [2.24, 2.45) is 0 Å². The quantitative estimate of drug-likeness (QED) is 0.367.